The summed E-state index contributed by atoms with van der Waals surface area (Å²) in [6.45, 7) is 1.98. The van der Waals surface area contributed by atoms with Crippen LogP contribution in [0.2, 0.25) is 8.67 Å². The lowest BCUT2D eigenvalue weighted by molar-refractivity contribution is 1.17. The minimum Gasteiger partial charge on any atom is -0.398 e. The molecule has 3 aromatic rings. The van der Waals surface area contributed by atoms with E-state index in [9.17, 15) is 0 Å². The summed E-state index contributed by atoms with van der Waals surface area (Å²) in [5.41, 5.74) is 10.1. The van der Waals surface area contributed by atoms with E-state index in [0.29, 0.717) is 14.4 Å². The monoisotopic (exact) mass is 297 g/mol. The summed E-state index contributed by atoms with van der Waals surface area (Å²) in [6.07, 6.45) is 3.74. The van der Waals surface area contributed by atoms with Crippen molar-refractivity contribution < 1.29 is 0 Å². The number of rotatable bonds is 1. The van der Waals surface area contributed by atoms with Crippen LogP contribution in [-0.4, -0.2) is 9.38 Å². The van der Waals surface area contributed by atoms with Crippen molar-refractivity contribution in [3.05, 3.63) is 38.8 Å². The molecule has 0 aromatic carbocycles. The molecule has 0 unspecified atom stereocenters. The van der Waals surface area contributed by atoms with Gasteiger partial charge in [-0.25, -0.2) is 4.98 Å². The molecule has 3 aromatic heterocycles. The largest absolute Gasteiger partial charge is 0.398 e. The Morgan fingerprint density at radius 2 is 2.06 bits per heavy atom. The van der Waals surface area contributed by atoms with E-state index in [2.05, 4.69) is 4.98 Å². The molecule has 0 atom stereocenters. The van der Waals surface area contributed by atoms with Crippen molar-refractivity contribution in [1.29, 1.82) is 0 Å². The SMILES string of the molecule is Cc1cc(N)cn2cc(-c3cc(Cl)sc3Cl)nc12. The molecule has 0 saturated carbocycles. The van der Waals surface area contributed by atoms with Crippen molar-refractivity contribution in [2.24, 2.45) is 0 Å². The molecule has 3 nitrogen and oxygen atoms in total. The lowest BCUT2D eigenvalue weighted by atomic mass is 10.3. The van der Waals surface area contributed by atoms with Crippen LogP contribution in [0.25, 0.3) is 16.9 Å². The highest BCUT2D eigenvalue weighted by Crippen LogP contribution is 2.37. The van der Waals surface area contributed by atoms with E-state index in [1.807, 2.05) is 35.9 Å². The lowest BCUT2D eigenvalue weighted by Crippen LogP contribution is -1.92. The van der Waals surface area contributed by atoms with Crippen LogP contribution in [0.1, 0.15) is 5.56 Å². The minimum atomic E-state index is 0.647. The van der Waals surface area contributed by atoms with Crippen LogP contribution in [-0.2, 0) is 0 Å². The van der Waals surface area contributed by atoms with Gasteiger partial charge in [0.2, 0.25) is 0 Å². The van der Waals surface area contributed by atoms with Crippen LogP contribution < -0.4 is 5.73 Å². The van der Waals surface area contributed by atoms with E-state index in [1.54, 1.807) is 0 Å². The zero-order chi connectivity index (χ0) is 12.9. The third-order valence-electron chi connectivity index (χ3n) is 2.69. The molecule has 92 valence electrons. The second-order valence-corrected chi connectivity index (χ2v) is 6.34. The first-order valence-corrected chi connectivity index (χ1v) is 6.82. The van der Waals surface area contributed by atoms with Gasteiger partial charge in [0.15, 0.2) is 0 Å². The molecular formula is C12H9Cl2N3S. The maximum absolute atomic E-state index is 6.14. The van der Waals surface area contributed by atoms with Crippen LogP contribution >= 0.6 is 34.5 Å². The number of fused-ring (bicyclic) bond motifs is 1. The molecule has 3 heterocycles. The molecule has 0 aliphatic carbocycles. The number of nitrogen functional groups attached to an aromatic ring is 1. The second-order valence-electron chi connectivity index (χ2n) is 4.05. The Balaban J connectivity index is 2.25. The highest BCUT2D eigenvalue weighted by atomic mass is 35.5. The van der Waals surface area contributed by atoms with Crippen LogP contribution in [0.3, 0.4) is 0 Å². The summed E-state index contributed by atoms with van der Waals surface area (Å²) >= 11 is 13.4. The number of aryl methyl sites for hydroxylation is 1. The Morgan fingerprint density at radius 3 is 2.72 bits per heavy atom. The van der Waals surface area contributed by atoms with Gasteiger partial charge in [0, 0.05) is 23.6 Å². The first kappa shape index (κ1) is 11.8. The predicted molar refractivity (Wildman–Crippen MR) is 77.7 cm³/mol. The van der Waals surface area contributed by atoms with Crippen molar-refractivity contribution >= 4 is 45.9 Å². The zero-order valence-electron chi connectivity index (χ0n) is 9.45. The maximum Gasteiger partial charge on any atom is 0.140 e. The first-order valence-electron chi connectivity index (χ1n) is 5.24. The molecular weight excluding hydrogens is 289 g/mol. The van der Waals surface area contributed by atoms with Crippen LogP contribution in [0, 0.1) is 6.92 Å². The number of hydrogen-bond donors (Lipinski definition) is 1. The van der Waals surface area contributed by atoms with E-state index < -0.39 is 0 Å². The average Bonchev–Trinajstić information content (AvgIpc) is 2.81. The molecule has 0 aliphatic heterocycles. The number of pyridine rings is 1. The number of hydrogen-bond acceptors (Lipinski definition) is 3. The van der Waals surface area contributed by atoms with E-state index in [0.717, 1.165) is 22.5 Å². The normalized spacial score (nSPS) is 11.3. The average molecular weight is 298 g/mol. The number of nitrogens with zero attached hydrogens (tertiary/aromatic N) is 2. The number of aromatic nitrogens is 2. The molecule has 0 amide bonds. The molecule has 3 rings (SSSR count). The molecule has 0 radical (unpaired) electrons. The fourth-order valence-corrected chi connectivity index (χ4v) is 3.42. The predicted octanol–water partition coefficient (Wildman–Crippen LogP) is 4.26. The second kappa shape index (κ2) is 4.16. The smallest absolute Gasteiger partial charge is 0.140 e. The van der Waals surface area contributed by atoms with Crippen molar-refractivity contribution in [3.8, 4) is 11.3 Å². The molecule has 0 fully saturated rings. The Hall–Kier alpha value is -1.23. The van der Waals surface area contributed by atoms with Crippen LogP contribution in [0.4, 0.5) is 5.69 Å². The van der Waals surface area contributed by atoms with E-state index in [-0.39, 0.29) is 0 Å². The summed E-state index contributed by atoms with van der Waals surface area (Å²) in [7, 11) is 0. The molecule has 6 heteroatoms. The van der Waals surface area contributed by atoms with Gasteiger partial charge in [0.1, 0.15) is 9.98 Å². The van der Waals surface area contributed by atoms with Gasteiger partial charge in [-0.15, -0.1) is 11.3 Å². The van der Waals surface area contributed by atoms with E-state index in [1.165, 1.54) is 11.3 Å². The van der Waals surface area contributed by atoms with Gasteiger partial charge in [-0.05, 0) is 24.6 Å². The third-order valence-corrected chi connectivity index (χ3v) is 4.18. The molecule has 0 saturated heterocycles. The Morgan fingerprint density at radius 1 is 1.28 bits per heavy atom. The highest BCUT2D eigenvalue weighted by Gasteiger charge is 2.13. The van der Waals surface area contributed by atoms with Gasteiger partial charge in [-0.1, -0.05) is 23.2 Å². The summed E-state index contributed by atoms with van der Waals surface area (Å²) in [5.74, 6) is 0. The van der Waals surface area contributed by atoms with Gasteiger partial charge in [0.25, 0.3) is 0 Å². The molecule has 18 heavy (non-hydrogen) atoms. The van der Waals surface area contributed by atoms with Gasteiger partial charge in [0.05, 0.1) is 10.0 Å². The fraction of sp³-hybridized carbons (Fsp3) is 0.0833. The van der Waals surface area contributed by atoms with Crippen molar-refractivity contribution in [1.82, 2.24) is 9.38 Å². The van der Waals surface area contributed by atoms with E-state index in [4.69, 9.17) is 28.9 Å². The fourth-order valence-electron chi connectivity index (χ4n) is 1.94. The van der Waals surface area contributed by atoms with Crippen LogP contribution in [0.5, 0.6) is 0 Å². The number of anilines is 1. The topological polar surface area (TPSA) is 43.3 Å². The zero-order valence-corrected chi connectivity index (χ0v) is 11.8. The van der Waals surface area contributed by atoms with Crippen molar-refractivity contribution in [3.63, 3.8) is 0 Å². The van der Waals surface area contributed by atoms with Gasteiger partial charge in [-0.2, -0.15) is 0 Å². The molecule has 0 aliphatic rings. The lowest BCUT2D eigenvalue weighted by Gasteiger charge is -1.98. The number of imidazole rings is 1. The number of thiophene rings is 1. The number of halogens is 2. The third kappa shape index (κ3) is 1.86. The Kier molecular flexibility index (Phi) is 2.73. The Labute approximate surface area is 118 Å². The standard InChI is InChI=1S/C12H9Cl2N3S/c1-6-2-7(15)4-17-5-9(16-12(6)17)8-3-10(13)18-11(8)14/h2-5H,15H2,1H3. The maximum atomic E-state index is 6.14. The summed E-state index contributed by atoms with van der Waals surface area (Å²) < 4.78 is 3.21. The van der Waals surface area contributed by atoms with Gasteiger partial charge >= 0.3 is 0 Å². The van der Waals surface area contributed by atoms with Crippen molar-refractivity contribution in [2.45, 2.75) is 6.92 Å². The summed E-state index contributed by atoms with van der Waals surface area (Å²) in [5, 5.41) is 0. The molecule has 0 spiro atoms. The number of nitrogens with two attached hydrogens (primary N) is 1. The van der Waals surface area contributed by atoms with Crippen LogP contribution in [0.15, 0.2) is 24.5 Å². The summed E-state index contributed by atoms with van der Waals surface area (Å²) in [4.78, 5) is 4.57. The van der Waals surface area contributed by atoms with Crippen molar-refractivity contribution in [2.75, 3.05) is 5.73 Å². The molecule has 2 N–H and O–H groups in total. The summed E-state index contributed by atoms with van der Waals surface area (Å²) in [6, 6.07) is 3.73. The first-order chi connectivity index (χ1) is 8.54. The quantitative estimate of drug-likeness (QED) is 0.729. The van der Waals surface area contributed by atoms with Gasteiger partial charge in [-0.3, -0.25) is 0 Å². The minimum absolute atomic E-state index is 0.647. The highest BCUT2D eigenvalue weighted by molar-refractivity contribution is 7.20. The Bertz CT molecular complexity index is 745. The van der Waals surface area contributed by atoms with E-state index >= 15 is 0 Å². The molecule has 0 bridgehead atoms. The van der Waals surface area contributed by atoms with Gasteiger partial charge < -0.3 is 10.1 Å².